The molecule has 1 aromatic rings. The van der Waals surface area contributed by atoms with Crippen molar-refractivity contribution < 1.29 is 24.2 Å². The largest absolute Gasteiger partial charge is 0.481 e. The molecule has 1 heterocycles. The zero-order valence-corrected chi connectivity index (χ0v) is 10.4. The highest BCUT2D eigenvalue weighted by atomic mass is 35.5. The third-order valence-corrected chi connectivity index (χ3v) is 3.11. The Morgan fingerprint density at radius 1 is 1.39 bits per heavy atom. The van der Waals surface area contributed by atoms with Crippen LogP contribution in [0.5, 0.6) is 11.5 Å². The molecule has 0 saturated carbocycles. The van der Waals surface area contributed by atoms with Crippen LogP contribution >= 0.6 is 11.6 Å². The van der Waals surface area contributed by atoms with Gasteiger partial charge in [0.25, 0.3) is 0 Å². The number of hydrogen-bond donors (Lipinski definition) is 1. The SMILES string of the molecule is CC(=O)C(Cc1cc2c(cc1Cl)OCO2)C(=O)O. The van der Waals surface area contributed by atoms with Crippen LogP contribution in [0.25, 0.3) is 0 Å². The highest BCUT2D eigenvalue weighted by Crippen LogP contribution is 2.37. The molecule has 2 rings (SSSR count). The highest BCUT2D eigenvalue weighted by Gasteiger charge is 2.25. The van der Waals surface area contributed by atoms with E-state index in [0.29, 0.717) is 22.1 Å². The predicted molar refractivity (Wildman–Crippen MR) is 63.1 cm³/mol. The molecule has 1 atom stereocenters. The molecule has 0 radical (unpaired) electrons. The number of carbonyl (C=O) groups excluding carboxylic acids is 1. The number of carboxylic acid groups (broad SMARTS) is 1. The topological polar surface area (TPSA) is 72.8 Å². The number of ether oxygens (including phenoxy) is 2. The van der Waals surface area contributed by atoms with E-state index >= 15 is 0 Å². The van der Waals surface area contributed by atoms with Crippen molar-refractivity contribution in [2.75, 3.05) is 6.79 Å². The first-order valence-electron chi connectivity index (χ1n) is 5.30. The molecule has 18 heavy (non-hydrogen) atoms. The van der Waals surface area contributed by atoms with E-state index in [4.69, 9.17) is 26.2 Å². The van der Waals surface area contributed by atoms with Gasteiger partial charge in [0.2, 0.25) is 6.79 Å². The molecule has 0 fully saturated rings. The number of hydrogen-bond acceptors (Lipinski definition) is 4. The Labute approximate surface area is 108 Å². The molecule has 1 aliphatic heterocycles. The van der Waals surface area contributed by atoms with Crippen LogP contribution in [0.3, 0.4) is 0 Å². The van der Waals surface area contributed by atoms with Gasteiger partial charge in [-0.3, -0.25) is 9.59 Å². The number of rotatable bonds is 4. The van der Waals surface area contributed by atoms with Gasteiger partial charge in [-0.15, -0.1) is 0 Å². The molecule has 6 heteroatoms. The Hall–Kier alpha value is -1.75. The zero-order valence-electron chi connectivity index (χ0n) is 9.60. The van der Waals surface area contributed by atoms with E-state index in [9.17, 15) is 9.59 Å². The molecule has 5 nitrogen and oxygen atoms in total. The van der Waals surface area contributed by atoms with Crippen molar-refractivity contribution in [3.63, 3.8) is 0 Å². The normalized spacial score (nSPS) is 14.3. The lowest BCUT2D eigenvalue weighted by Gasteiger charge is -2.10. The summed E-state index contributed by atoms with van der Waals surface area (Å²) in [5.74, 6) is -1.61. The summed E-state index contributed by atoms with van der Waals surface area (Å²) in [5, 5.41) is 9.34. The van der Waals surface area contributed by atoms with E-state index in [0.717, 1.165) is 0 Å². The van der Waals surface area contributed by atoms with Crippen LogP contribution in [0, 0.1) is 5.92 Å². The van der Waals surface area contributed by atoms with Gasteiger partial charge in [-0.2, -0.15) is 0 Å². The maximum Gasteiger partial charge on any atom is 0.314 e. The van der Waals surface area contributed by atoms with Gasteiger partial charge < -0.3 is 14.6 Å². The number of ketones is 1. The van der Waals surface area contributed by atoms with Gasteiger partial charge in [0.15, 0.2) is 11.5 Å². The van der Waals surface area contributed by atoms with E-state index in [1.807, 2.05) is 0 Å². The van der Waals surface area contributed by atoms with Gasteiger partial charge in [-0.05, 0) is 25.0 Å². The first-order chi connectivity index (χ1) is 8.49. The molecule has 0 aliphatic carbocycles. The van der Waals surface area contributed by atoms with Crippen LogP contribution in [0.15, 0.2) is 12.1 Å². The average molecular weight is 271 g/mol. The number of Topliss-reactive ketones (excluding diaryl/α,β-unsaturated/α-hetero) is 1. The molecule has 0 amide bonds. The lowest BCUT2D eigenvalue weighted by molar-refractivity contribution is -0.145. The Morgan fingerprint density at radius 3 is 2.56 bits per heavy atom. The third kappa shape index (κ3) is 2.41. The van der Waals surface area contributed by atoms with Crippen molar-refractivity contribution in [1.82, 2.24) is 0 Å². The second-order valence-corrected chi connectivity index (χ2v) is 4.41. The van der Waals surface area contributed by atoms with Crippen LogP contribution in [0.1, 0.15) is 12.5 Å². The second kappa shape index (κ2) is 4.86. The Morgan fingerprint density at radius 2 is 2.00 bits per heavy atom. The molecule has 0 bridgehead atoms. The number of carbonyl (C=O) groups is 2. The van der Waals surface area contributed by atoms with E-state index in [-0.39, 0.29) is 13.2 Å². The quantitative estimate of drug-likeness (QED) is 0.846. The van der Waals surface area contributed by atoms with Gasteiger partial charge in [-0.1, -0.05) is 11.6 Å². The summed E-state index contributed by atoms with van der Waals surface area (Å²) in [4.78, 5) is 22.2. The van der Waals surface area contributed by atoms with Crippen molar-refractivity contribution >= 4 is 23.4 Å². The number of halogens is 1. The van der Waals surface area contributed by atoms with Crippen molar-refractivity contribution in [3.8, 4) is 11.5 Å². The van der Waals surface area contributed by atoms with Gasteiger partial charge in [0.1, 0.15) is 11.7 Å². The molecule has 1 N–H and O–H groups in total. The second-order valence-electron chi connectivity index (χ2n) is 4.00. The van der Waals surface area contributed by atoms with E-state index < -0.39 is 17.7 Å². The Balaban J connectivity index is 2.28. The zero-order chi connectivity index (χ0) is 13.3. The average Bonchev–Trinajstić information content (AvgIpc) is 2.71. The fraction of sp³-hybridized carbons (Fsp3) is 0.333. The van der Waals surface area contributed by atoms with Crippen LogP contribution in [0.4, 0.5) is 0 Å². The number of benzene rings is 1. The Kier molecular flexibility index (Phi) is 3.43. The van der Waals surface area contributed by atoms with Crippen LogP contribution in [-0.4, -0.2) is 23.7 Å². The minimum absolute atomic E-state index is 0.0418. The Bertz CT molecular complexity index is 497. The van der Waals surface area contributed by atoms with Crippen molar-refractivity contribution in [2.24, 2.45) is 5.92 Å². The highest BCUT2D eigenvalue weighted by molar-refractivity contribution is 6.31. The summed E-state index contributed by atoms with van der Waals surface area (Å²) >= 11 is 6.02. The minimum atomic E-state index is -1.16. The molecular weight excluding hydrogens is 260 g/mol. The monoisotopic (exact) mass is 270 g/mol. The van der Waals surface area contributed by atoms with E-state index in [2.05, 4.69) is 0 Å². The molecule has 1 aliphatic rings. The van der Waals surface area contributed by atoms with Crippen LogP contribution < -0.4 is 9.47 Å². The molecule has 0 saturated heterocycles. The van der Waals surface area contributed by atoms with Crippen molar-refractivity contribution in [1.29, 1.82) is 0 Å². The lowest BCUT2D eigenvalue weighted by Crippen LogP contribution is -2.23. The summed E-state index contributed by atoms with van der Waals surface area (Å²) in [6.07, 6.45) is 0.0418. The fourth-order valence-electron chi connectivity index (χ4n) is 1.74. The minimum Gasteiger partial charge on any atom is -0.481 e. The predicted octanol–water partition coefficient (Wildman–Crippen LogP) is 1.90. The number of aliphatic carboxylic acids is 1. The molecule has 1 aromatic carbocycles. The van der Waals surface area contributed by atoms with E-state index in [1.165, 1.54) is 6.92 Å². The summed E-state index contributed by atoms with van der Waals surface area (Å²) in [7, 11) is 0. The summed E-state index contributed by atoms with van der Waals surface area (Å²) < 4.78 is 10.3. The fourth-order valence-corrected chi connectivity index (χ4v) is 1.97. The molecular formula is C12H11ClO5. The molecule has 96 valence electrons. The smallest absolute Gasteiger partial charge is 0.314 e. The summed E-state index contributed by atoms with van der Waals surface area (Å²) in [5.41, 5.74) is 0.559. The van der Waals surface area contributed by atoms with Crippen LogP contribution in [0.2, 0.25) is 5.02 Å². The van der Waals surface area contributed by atoms with Crippen LogP contribution in [-0.2, 0) is 16.0 Å². The van der Waals surface area contributed by atoms with Gasteiger partial charge >= 0.3 is 5.97 Å². The first kappa shape index (κ1) is 12.7. The molecule has 0 spiro atoms. The summed E-state index contributed by atoms with van der Waals surface area (Å²) in [6.45, 7) is 1.36. The lowest BCUT2D eigenvalue weighted by atomic mass is 9.96. The van der Waals surface area contributed by atoms with Gasteiger partial charge in [0.05, 0.1) is 0 Å². The first-order valence-corrected chi connectivity index (χ1v) is 5.68. The third-order valence-electron chi connectivity index (χ3n) is 2.75. The molecule has 1 unspecified atom stereocenters. The maximum atomic E-state index is 11.3. The summed E-state index contributed by atoms with van der Waals surface area (Å²) in [6, 6.07) is 3.18. The maximum absolute atomic E-state index is 11.3. The standard InChI is InChI=1S/C12H11ClO5/c1-6(14)8(12(15)16)2-7-3-10-11(4-9(7)13)18-5-17-10/h3-4,8H,2,5H2,1H3,(H,15,16). The van der Waals surface area contributed by atoms with Gasteiger partial charge in [-0.25, -0.2) is 0 Å². The number of carboxylic acids is 1. The van der Waals surface area contributed by atoms with E-state index in [1.54, 1.807) is 12.1 Å². The van der Waals surface area contributed by atoms with Crippen molar-refractivity contribution in [3.05, 3.63) is 22.7 Å². The van der Waals surface area contributed by atoms with Gasteiger partial charge in [0, 0.05) is 11.1 Å². The number of fused-ring (bicyclic) bond motifs is 1. The van der Waals surface area contributed by atoms with Crippen molar-refractivity contribution in [2.45, 2.75) is 13.3 Å². The molecule has 0 aromatic heterocycles.